The topological polar surface area (TPSA) is 138 Å². The van der Waals surface area contributed by atoms with Crippen LogP contribution in [0.1, 0.15) is 75.4 Å². The summed E-state index contributed by atoms with van der Waals surface area (Å²) in [5, 5.41) is 15.5. The van der Waals surface area contributed by atoms with Gasteiger partial charge in [0.15, 0.2) is 0 Å². The van der Waals surface area contributed by atoms with Crippen LogP contribution >= 0.6 is 0 Å². The van der Waals surface area contributed by atoms with Crippen LogP contribution in [0.3, 0.4) is 0 Å². The number of amides is 3. The summed E-state index contributed by atoms with van der Waals surface area (Å²) in [6.45, 7) is 13.6. The zero-order valence-electron chi connectivity index (χ0n) is 29.7. The van der Waals surface area contributed by atoms with E-state index < -0.39 is 59.7 Å². The van der Waals surface area contributed by atoms with Gasteiger partial charge in [0.25, 0.3) is 0 Å². The van der Waals surface area contributed by atoms with Gasteiger partial charge in [0.1, 0.15) is 35.9 Å². The van der Waals surface area contributed by atoms with E-state index in [0.29, 0.717) is 11.1 Å². The Morgan fingerprint density at radius 3 is 1.78 bits per heavy atom. The number of nitrogens with zero attached hydrogens (tertiary/aromatic N) is 2. The van der Waals surface area contributed by atoms with E-state index in [1.54, 1.807) is 47.6 Å². The van der Waals surface area contributed by atoms with E-state index in [-0.39, 0.29) is 12.8 Å². The highest BCUT2D eigenvalue weighted by molar-refractivity contribution is 5.94. The number of nitrogens with one attached hydrogen (secondary N) is 2. The maximum absolute atomic E-state index is 14.6. The lowest BCUT2D eigenvalue weighted by molar-refractivity contribution is -0.159. The van der Waals surface area contributed by atoms with Crippen LogP contribution in [-0.2, 0) is 36.7 Å². The SMILES string of the molecule is Cc1ccc(C(C(=O)NC(Cc2ccccc2)C(=O)OC(C)(C)C)N(CC#N)C(=O)C(Cc2ccccc2)NC(=O)OC(C)(C)C)c(C)c1. The van der Waals surface area contributed by atoms with Crippen molar-refractivity contribution >= 4 is 23.9 Å². The number of carbonyl (C=O) groups excluding carboxylic acids is 4. The van der Waals surface area contributed by atoms with Gasteiger partial charge >= 0.3 is 12.1 Å². The fourth-order valence-electron chi connectivity index (χ4n) is 5.32. The first kappa shape index (κ1) is 38.3. The lowest BCUT2D eigenvalue weighted by atomic mass is 9.95. The molecule has 3 rings (SSSR count). The van der Waals surface area contributed by atoms with Crippen LogP contribution in [0.15, 0.2) is 78.9 Å². The first-order valence-corrected chi connectivity index (χ1v) is 16.3. The van der Waals surface area contributed by atoms with Crippen LogP contribution in [0, 0.1) is 25.2 Å². The van der Waals surface area contributed by atoms with Gasteiger partial charge in [-0.25, -0.2) is 9.59 Å². The second-order valence-corrected chi connectivity index (χ2v) is 14.1. The minimum Gasteiger partial charge on any atom is -0.458 e. The Hall–Kier alpha value is -5.17. The van der Waals surface area contributed by atoms with Crippen LogP contribution in [-0.4, -0.2) is 58.6 Å². The van der Waals surface area contributed by atoms with E-state index in [1.165, 1.54) is 0 Å². The predicted molar refractivity (Wildman–Crippen MR) is 187 cm³/mol. The van der Waals surface area contributed by atoms with Crippen molar-refractivity contribution in [3.8, 4) is 6.07 Å². The third-order valence-electron chi connectivity index (χ3n) is 7.37. The third kappa shape index (κ3) is 12.1. The van der Waals surface area contributed by atoms with E-state index >= 15 is 0 Å². The summed E-state index contributed by atoms with van der Waals surface area (Å²) in [6, 6.07) is 22.1. The molecule has 0 saturated carbocycles. The van der Waals surface area contributed by atoms with Crippen LogP contribution in [0.5, 0.6) is 0 Å². The molecule has 3 atom stereocenters. The number of benzene rings is 3. The smallest absolute Gasteiger partial charge is 0.408 e. The second kappa shape index (κ2) is 16.8. The van der Waals surface area contributed by atoms with Gasteiger partial charge in [0, 0.05) is 12.8 Å². The molecule has 49 heavy (non-hydrogen) atoms. The van der Waals surface area contributed by atoms with Gasteiger partial charge in [-0.15, -0.1) is 0 Å². The zero-order valence-corrected chi connectivity index (χ0v) is 29.7. The number of rotatable bonds is 12. The molecular formula is C39H48N4O6. The minimum absolute atomic E-state index is 0.0661. The molecular weight excluding hydrogens is 620 g/mol. The lowest BCUT2D eigenvalue weighted by Gasteiger charge is -2.34. The molecule has 3 aromatic rings. The highest BCUT2D eigenvalue weighted by Crippen LogP contribution is 2.27. The molecule has 3 amide bonds. The molecule has 0 aromatic heterocycles. The average molecular weight is 669 g/mol. The molecule has 3 unspecified atom stereocenters. The van der Waals surface area contributed by atoms with Crippen LogP contribution < -0.4 is 10.6 Å². The Morgan fingerprint density at radius 2 is 1.29 bits per heavy atom. The number of hydrogen-bond acceptors (Lipinski definition) is 7. The van der Waals surface area contributed by atoms with Crippen molar-refractivity contribution in [3.63, 3.8) is 0 Å². The third-order valence-corrected chi connectivity index (χ3v) is 7.37. The summed E-state index contributed by atoms with van der Waals surface area (Å²) < 4.78 is 11.2. The van der Waals surface area contributed by atoms with Crippen molar-refractivity contribution in [2.75, 3.05) is 6.54 Å². The largest absolute Gasteiger partial charge is 0.458 e. The molecule has 0 heterocycles. The quantitative estimate of drug-likeness (QED) is 0.181. The van der Waals surface area contributed by atoms with Gasteiger partial charge in [0.05, 0.1) is 6.07 Å². The minimum atomic E-state index is -1.34. The standard InChI is InChI=1S/C39H48N4O6/c1-26-19-20-30(27(2)23-26)33(34(44)41-32(36(46)48-38(3,4)5)25-29-17-13-10-14-18-29)43(22-21-40)35(45)31(24-28-15-11-9-12-16-28)42-37(47)49-39(6,7)8/h9-20,23,31-33H,22,24-25H2,1-8H3,(H,41,44)(H,42,47). The number of alkyl carbamates (subject to hydrolysis) is 1. The molecule has 3 aromatic carbocycles. The Morgan fingerprint density at radius 1 is 0.755 bits per heavy atom. The van der Waals surface area contributed by atoms with E-state index in [4.69, 9.17) is 9.47 Å². The Labute approximate surface area is 289 Å². The maximum atomic E-state index is 14.6. The number of esters is 1. The predicted octanol–water partition coefficient (Wildman–Crippen LogP) is 5.90. The van der Waals surface area contributed by atoms with Crippen molar-refractivity contribution in [1.82, 2.24) is 15.5 Å². The first-order chi connectivity index (χ1) is 23.0. The Kier molecular flexibility index (Phi) is 13.1. The second-order valence-electron chi connectivity index (χ2n) is 14.1. The molecule has 2 N–H and O–H groups in total. The van der Waals surface area contributed by atoms with Crippen molar-refractivity contribution in [1.29, 1.82) is 5.26 Å². The molecule has 0 spiro atoms. The summed E-state index contributed by atoms with van der Waals surface area (Å²) in [6.07, 6.45) is -0.625. The number of aryl methyl sites for hydroxylation is 2. The Bertz CT molecular complexity index is 1640. The molecule has 0 aliphatic carbocycles. The number of carbonyl (C=O) groups is 4. The van der Waals surface area contributed by atoms with Crippen LogP contribution in [0.25, 0.3) is 0 Å². The van der Waals surface area contributed by atoms with E-state index in [9.17, 15) is 24.4 Å². The summed E-state index contributed by atoms with van der Waals surface area (Å²) in [4.78, 5) is 56.8. The molecule has 0 aliphatic rings. The van der Waals surface area contributed by atoms with Gasteiger partial charge < -0.3 is 25.0 Å². The highest BCUT2D eigenvalue weighted by Gasteiger charge is 2.39. The molecule has 0 radical (unpaired) electrons. The number of nitriles is 1. The number of ether oxygens (including phenoxy) is 2. The summed E-state index contributed by atoms with van der Waals surface area (Å²) in [7, 11) is 0. The molecule has 0 aliphatic heterocycles. The van der Waals surface area contributed by atoms with Gasteiger partial charge in [-0.2, -0.15) is 5.26 Å². The van der Waals surface area contributed by atoms with Crippen molar-refractivity contribution in [2.45, 2.75) is 97.6 Å². The number of hydrogen-bond donors (Lipinski definition) is 2. The average Bonchev–Trinajstić information content (AvgIpc) is 3.00. The molecule has 260 valence electrons. The fraction of sp³-hybridized carbons (Fsp3) is 0.410. The highest BCUT2D eigenvalue weighted by atomic mass is 16.6. The van der Waals surface area contributed by atoms with Gasteiger partial charge in [0.2, 0.25) is 11.8 Å². The Balaban J connectivity index is 2.11. The molecule has 0 fully saturated rings. The zero-order chi connectivity index (χ0) is 36.4. The first-order valence-electron chi connectivity index (χ1n) is 16.3. The van der Waals surface area contributed by atoms with E-state index in [1.807, 2.05) is 92.7 Å². The normalized spacial score (nSPS) is 13.2. The van der Waals surface area contributed by atoms with Crippen molar-refractivity contribution in [2.24, 2.45) is 0 Å². The van der Waals surface area contributed by atoms with Gasteiger partial charge in [-0.3, -0.25) is 9.59 Å². The van der Waals surface area contributed by atoms with Crippen molar-refractivity contribution < 1.29 is 28.7 Å². The summed E-state index contributed by atoms with van der Waals surface area (Å²) in [5.41, 5.74) is 1.96. The van der Waals surface area contributed by atoms with Crippen molar-refractivity contribution in [3.05, 3.63) is 107 Å². The van der Waals surface area contributed by atoms with Crippen LogP contribution in [0.4, 0.5) is 4.79 Å². The van der Waals surface area contributed by atoms with Gasteiger partial charge in [-0.05, 0) is 77.6 Å². The summed E-state index contributed by atoms with van der Waals surface area (Å²) >= 11 is 0. The summed E-state index contributed by atoms with van der Waals surface area (Å²) in [5.74, 6) is -2.00. The maximum Gasteiger partial charge on any atom is 0.408 e. The van der Waals surface area contributed by atoms with Crippen LogP contribution in [0.2, 0.25) is 0 Å². The lowest BCUT2D eigenvalue weighted by Crippen LogP contribution is -2.55. The monoisotopic (exact) mass is 668 g/mol. The molecule has 0 saturated heterocycles. The van der Waals surface area contributed by atoms with E-state index in [0.717, 1.165) is 21.6 Å². The fourth-order valence-corrected chi connectivity index (χ4v) is 5.32. The van der Waals surface area contributed by atoms with E-state index in [2.05, 4.69) is 10.6 Å². The molecule has 0 bridgehead atoms. The molecule has 10 nitrogen and oxygen atoms in total. The molecule has 10 heteroatoms. The van der Waals surface area contributed by atoms with Gasteiger partial charge in [-0.1, -0.05) is 84.4 Å².